The third kappa shape index (κ3) is 1.70. The topological polar surface area (TPSA) is 68.2 Å². The van der Waals surface area contributed by atoms with Crippen LogP contribution in [0.3, 0.4) is 0 Å². The van der Waals surface area contributed by atoms with E-state index in [1.807, 2.05) is 18.2 Å². The van der Waals surface area contributed by atoms with Gasteiger partial charge in [-0.15, -0.1) is 0 Å². The molecule has 2 aliphatic heterocycles. The molecule has 2 heterocycles. The first-order valence-electron chi connectivity index (χ1n) is 6.70. The number of phenols is 2. The highest BCUT2D eigenvalue weighted by Gasteiger charge is 2.41. The summed E-state index contributed by atoms with van der Waals surface area (Å²) in [6.07, 6.45) is -0.171. The van der Waals surface area contributed by atoms with E-state index >= 15 is 0 Å². The fourth-order valence-electron chi connectivity index (χ4n) is 2.99. The van der Waals surface area contributed by atoms with Crippen LogP contribution in [0, 0.1) is 0 Å². The average molecular weight is 286 g/mol. The standard InChI is InChI=1S/C16H14O5/c1-19-8-2-3-9-14(4-8)20-7-11-10-5-12(17)13(18)6-15(10)21-16(9)11/h2-6,11,16-18H,7H2,1H3. The van der Waals surface area contributed by atoms with Crippen LogP contribution in [0.25, 0.3) is 0 Å². The van der Waals surface area contributed by atoms with Crippen molar-refractivity contribution < 1.29 is 24.4 Å². The van der Waals surface area contributed by atoms with Crippen molar-refractivity contribution >= 4 is 0 Å². The zero-order valence-electron chi connectivity index (χ0n) is 11.4. The van der Waals surface area contributed by atoms with Gasteiger partial charge < -0.3 is 24.4 Å². The Morgan fingerprint density at radius 3 is 2.67 bits per heavy atom. The summed E-state index contributed by atoms with van der Waals surface area (Å²) in [5.41, 5.74) is 1.80. The van der Waals surface area contributed by atoms with Gasteiger partial charge in [-0.25, -0.2) is 0 Å². The van der Waals surface area contributed by atoms with Gasteiger partial charge in [0.05, 0.1) is 19.6 Å². The van der Waals surface area contributed by atoms with Crippen LogP contribution >= 0.6 is 0 Å². The van der Waals surface area contributed by atoms with Gasteiger partial charge in [-0.2, -0.15) is 0 Å². The van der Waals surface area contributed by atoms with Crippen molar-refractivity contribution in [2.45, 2.75) is 12.0 Å². The molecule has 0 radical (unpaired) electrons. The molecule has 5 heteroatoms. The molecule has 5 nitrogen and oxygen atoms in total. The molecule has 2 aliphatic rings. The van der Waals surface area contributed by atoms with Crippen LogP contribution in [0.1, 0.15) is 23.1 Å². The first kappa shape index (κ1) is 12.2. The molecule has 0 aromatic heterocycles. The monoisotopic (exact) mass is 286 g/mol. The minimum atomic E-state index is -0.178. The van der Waals surface area contributed by atoms with Gasteiger partial charge in [-0.1, -0.05) is 0 Å². The molecule has 0 spiro atoms. The first-order chi connectivity index (χ1) is 10.2. The highest BCUT2D eigenvalue weighted by atomic mass is 16.5. The number of aromatic hydroxyl groups is 2. The van der Waals surface area contributed by atoms with Gasteiger partial charge in [0.25, 0.3) is 0 Å². The number of methoxy groups -OCH3 is 1. The number of hydrogen-bond donors (Lipinski definition) is 2. The maximum absolute atomic E-state index is 9.67. The SMILES string of the molecule is COc1ccc2c(c1)OCC1c3cc(O)c(O)cc3OC21. The summed E-state index contributed by atoms with van der Waals surface area (Å²) in [5, 5.41) is 19.3. The first-order valence-corrected chi connectivity index (χ1v) is 6.70. The number of fused-ring (bicyclic) bond motifs is 5. The van der Waals surface area contributed by atoms with Crippen molar-refractivity contribution in [1.29, 1.82) is 0 Å². The third-order valence-electron chi connectivity index (χ3n) is 4.07. The van der Waals surface area contributed by atoms with E-state index in [2.05, 4.69) is 0 Å². The number of benzene rings is 2. The van der Waals surface area contributed by atoms with E-state index in [1.165, 1.54) is 6.07 Å². The van der Waals surface area contributed by atoms with Gasteiger partial charge in [0, 0.05) is 23.3 Å². The Morgan fingerprint density at radius 1 is 1.05 bits per heavy atom. The van der Waals surface area contributed by atoms with Crippen molar-refractivity contribution in [3.05, 3.63) is 41.5 Å². The van der Waals surface area contributed by atoms with E-state index in [0.29, 0.717) is 12.4 Å². The normalized spacial score (nSPS) is 21.6. The zero-order chi connectivity index (χ0) is 14.6. The molecule has 0 amide bonds. The molecule has 2 aromatic carbocycles. The van der Waals surface area contributed by atoms with Crippen molar-refractivity contribution in [2.75, 3.05) is 13.7 Å². The summed E-state index contributed by atoms with van der Waals surface area (Å²) < 4.78 is 17.0. The number of phenolic OH excluding ortho intramolecular Hbond substituents is 2. The fraction of sp³-hybridized carbons (Fsp3) is 0.250. The van der Waals surface area contributed by atoms with E-state index in [4.69, 9.17) is 14.2 Å². The Hall–Kier alpha value is -2.56. The second kappa shape index (κ2) is 4.22. The van der Waals surface area contributed by atoms with Crippen LogP contribution in [0.5, 0.6) is 28.7 Å². The summed E-state index contributed by atoms with van der Waals surface area (Å²) in [7, 11) is 1.61. The molecule has 0 saturated heterocycles. The summed E-state index contributed by atoms with van der Waals surface area (Å²) in [6.45, 7) is 0.460. The number of hydrogen-bond acceptors (Lipinski definition) is 5. The van der Waals surface area contributed by atoms with E-state index in [9.17, 15) is 10.2 Å². The Kier molecular flexibility index (Phi) is 2.45. The molecule has 2 aromatic rings. The summed E-state index contributed by atoms with van der Waals surface area (Å²) in [4.78, 5) is 0. The van der Waals surface area contributed by atoms with Crippen LogP contribution in [0.15, 0.2) is 30.3 Å². The van der Waals surface area contributed by atoms with Gasteiger partial charge in [0.15, 0.2) is 11.5 Å². The Morgan fingerprint density at radius 2 is 1.86 bits per heavy atom. The molecule has 0 bridgehead atoms. The molecule has 2 unspecified atom stereocenters. The molecule has 0 aliphatic carbocycles. The molecule has 108 valence electrons. The number of ether oxygens (including phenoxy) is 3. The van der Waals surface area contributed by atoms with Crippen LogP contribution in [-0.4, -0.2) is 23.9 Å². The molecule has 2 atom stereocenters. The molecule has 0 fully saturated rings. The average Bonchev–Trinajstić information content (AvgIpc) is 2.85. The summed E-state index contributed by atoms with van der Waals surface area (Å²) in [5.74, 6) is 1.76. The second-order valence-corrected chi connectivity index (χ2v) is 5.24. The smallest absolute Gasteiger partial charge is 0.161 e. The Balaban J connectivity index is 1.78. The Labute approximate surface area is 121 Å². The van der Waals surface area contributed by atoms with Crippen LogP contribution < -0.4 is 14.2 Å². The van der Waals surface area contributed by atoms with Gasteiger partial charge in [-0.05, 0) is 18.2 Å². The van der Waals surface area contributed by atoms with Gasteiger partial charge >= 0.3 is 0 Å². The molecular weight excluding hydrogens is 272 g/mol. The molecular formula is C16H14O5. The van der Waals surface area contributed by atoms with Gasteiger partial charge in [0.1, 0.15) is 23.4 Å². The highest BCUT2D eigenvalue weighted by Crippen LogP contribution is 2.53. The van der Waals surface area contributed by atoms with Gasteiger partial charge in [0.2, 0.25) is 0 Å². The Bertz CT molecular complexity index is 725. The second-order valence-electron chi connectivity index (χ2n) is 5.24. The maximum Gasteiger partial charge on any atom is 0.161 e. The lowest BCUT2D eigenvalue weighted by atomic mass is 9.89. The predicted octanol–water partition coefficient (Wildman–Crippen LogP) is 2.72. The lowest BCUT2D eigenvalue weighted by Crippen LogP contribution is -2.23. The predicted molar refractivity (Wildman–Crippen MR) is 74.4 cm³/mol. The fourth-order valence-corrected chi connectivity index (χ4v) is 2.99. The lowest BCUT2D eigenvalue weighted by molar-refractivity contribution is 0.139. The summed E-state index contributed by atoms with van der Waals surface area (Å²) >= 11 is 0. The highest BCUT2D eigenvalue weighted by molar-refractivity contribution is 5.56. The zero-order valence-corrected chi connectivity index (χ0v) is 11.4. The minimum Gasteiger partial charge on any atom is -0.504 e. The van der Waals surface area contributed by atoms with E-state index < -0.39 is 0 Å². The molecule has 4 rings (SSSR count). The number of rotatable bonds is 1. The van der Waals surface area contributed by atoms with E-state index in [-0.39, 0.29) is 23.5 Å². The van der Waals surface area contributed by atoms with Crippen molar-refractivity contribution in [1.82, 2.24) is 0 Å². The molecule has 21 heavy (non-hydrogen) atoms. The maximum atomic E-state index is 9.67. The molecule has 0 saturated carbocycles. The van der Waals surface area contributed by atoms with Crippen molar-refractivity contribution in [3.63, 3.8) is 0 Å². The third-order valence-corrected chi connectivity index (χ3v) is 4.07. The van der Waals surface area contributed by atoms with E-state index in [0.717, 1.165) is 22.6 Å². The largest absolute Gasteiger partial charge is 0.504 e. The van der Waals surface area contributed by atoms with Crippen molar-refractivity contribution in [2.24, 2.45) is 0 Å². The van der Waals surface area contributed by atoms with Crippen LogP contribution in [0.2, 0.25) is 0 Å². The van der Waals surface area contributed by atoms with Crippen molar-refractivity contribution in [3.8, 4) is 28.7 Å². The quantitative estimate of drug-likeness (QED) is 0.789. The van der Waals surface area contributed by atoms with E-state index in [1.54, 1.807) is 13.2 Å². The van der Waals surface area contributed by atoms with Crippen LogP contribution in [-0.2, 0) is 0 Å². The minimum absolute atomic E-state index is 0.00685. The molecule has 2 N–H and O–H groups in total. The lowest BCUT2D eigenvalue weighted by Gasteiger charge is -2.28. The van der Waals surface area contributed by atoms with Crippen LogP contribution in [0.4, 0.5) is 0 Å². The van der Waals surface area contributed by atoms with Gasteiger partial charge in [-0.3, -0.25) is 0 Å². The summed E-state index contributed by atoms with van der Waals surface area (Å²) in [6, 6.07) is 8.63.